The second-order valence-electron chi connectivity index (χ2n) is 7.95. The van der Waals surface area contributed by atoms with E-state index in [9.17, 15) is 9.90 Å². The highest BCUT2D eigenvalue weighted by atomic mass is 16.4. The number of nitrogens with zero attached hydrogens (tertiary/aromatic N) is 5. The largest absolute Gasteiger partial charge is 0.479 e. The Kier molecular flexibility index (Phi) is 4.37. The van der Waals surface area contributed by atoms with Crippen molar-refractivity contribution >= 4 is 17.7 Å². The van der Waals surface area contributed by atoms with E-state index in [0.29, 0.717) is 25.9 Å². The van der Waals surface area contributed by atoms with Crippen molar-refractivity contribution in [2.45, 2.75) is 51.5 Å². The number of carbonyl (C=O) groups is 1. The Morgan fingerprint density at radius 2 is 1.92 bits per heavy atom. The molecular weight excluding hydrogens is 332 g/mol. The van der Waals surface area contributed by atoms with Crippen molar-refractivity contribution in [1.82, 2.24) is 19.7 Å². The Morgan fingerprint density at radius 3 is 2.42 bits per heavy atom. The topological polar surface area (TPSA) is 110 Å². The number of aliphatic carboxylic acids is 1. The van der Waals surface area contributed by atoms with Crippen LogP contribution < -0.4 is 10.6 Å². The van der Waals surface area contributed by atoms with Gasteiger partial charge in [0.05, 0.1) is 5.69 Å². The van der Waals surface area contributed by atoms with Gasteiger partial charge in [0.15, 0.2) is 5.54 Å². The highest BCUT2D eigenvalue weighted by molar-refractivity contribution is 5.77. The van der Waals surface area contributed by atoms with Gasteiger partial charge in [-0.15, -0.1) is 0 Å². The summed E-state index contributed by atoms with van der Waals surface area (Å²) >= 11 is 0. The van der Waals surface area contributed by atoms with Crippen molar-refractivity contribution in [1.29, 1.82) is 0 Å². The minimum Gasteiger partial charge on any atom is -0.479 e. The van der Waals surface area contributed by atoms with Gasteiger partial charge >= 0.3 is 5.97 Å². The van der Waals surface area contributed by atoms with Gasteiger partial charge in [0.25, 0.3) is 0 Å². The van der Waals surface area contributed by atoms with Crippen LogP contribution in [0.4, 0.5) is 11.8 Å². The minimum atomic E-state index is -1.03. The quantitative estimate of drug-likeness (QED) is 0.862. The maximum atomic E-state index is 12.2. The molecule has 0 bridgehead atoms. The number of hydrogen-bond donors (Lipinski definition) is 2. The molecule has 0 amide bonds. The van der Waals surface area contributed by atoms with Crippen LogP contribution in [0.5, 0.6) is 0 Å². The Bertz CT molecular complexity index is 795. The lowest BCUT2D eigenvalue weighted by atomic mass is 9.87. The third-order valence-corrected chi connectivity index (χ3v) is 4.97. The van der Waals surface area contributed by atoms with E-state index in [2.05, 4.69) is 40.7 Å². The third-order valence-electron chi connectivity index (χ3n) is 4.97. The molecule has 0 radical (unpaired) electrons. The van der Waals surface area contributed by atoms with Crippen molar-refractivity contribution in [3.05, 3.63) is 29.7 Å². The molecule has 140 valence electrons. The predicted molar refractivity (Wildman–Crippen MR) is 99.2 cm³/mol. The molecule has 1 aliphatic rings. The molecule has 1 saturated heterocycles. The highest BCUT2D eigenvalue weighted by Crippen LogP contribution is 2.33. The standard InChI is InChI=1S/C18H26N6O2/c1-12-11-14(21-16(19)20-12)23-9-6-18(7-10-23,15(25)26)24-8-5-13(22-24)17(2,3)4/h5,8,11H,6-7,9-10H2,1-4H3,(H,25,26)(H2,19,20,21). The number of piperidine rings is 1. The third kappa shape index (κ3) is 3.23. The molecular formula is C18H26N6O2. The molecule has 26 heavy (non-hydrogen) atoms. The lowest BCUT2D eigenvalue weighted by molar-refractivity contribution is -0.149. The van der Waals surface area contributed by atoms with Gasteiger partial charge in [0.1, 0.15) is 5.82 Å². The fraction of sp³-hybridized carbons (Fsp3) is 0.556. The van der Waals surface area contributed by atoms with Gasteiger partial charge in [0, 0.05) is 49.3 Å². The van der Waals surface area contributed by atoms with Crippen LogP contribution in [0.15, 0.2) is 18.3 Å². The summed E-state index contributed by atoms with van der Waals surface area (Å²) in [6, 6.07) is 3.78. The van der Waals surface area contributed by atoms with E-state index in [1.54, 1.807) is 10.9 Å². The smallest absolute Gasteiger partial charge is 0.331 e. The number of nitrogens with two attached hydrogens (primary N) is 1. The molecule has 3 N–H and O–H groups in total. The molecule has 1 fully saturated rings. The second-order valence-corrected chi connectivity index (χ2v) is 7.95. The van der Waals surface area contributed by atoms with Gasteiger partial charge in [-0.2, -0.15) is 10.1 Å². The normalized spacial score (nSPS) is 17.3. The number of carboxylic acids is 1. The fourth-order valence-corrected chi connectivity index (χ4v) is 3.35. The molecule has 2 aromatic heterocycles. The Balaban J connectivity index is 1.85. The summed E-state index contributed by atoms with van der Waals surface area (Å²) in [6.07, 6.45) is 2.67. The Morgan fingerprint density at radius 1 is 1.27 bits per heavy atom. The number of aryl methyl sites for hydroxylation is 1. The second kappa shape index (κ2) is 6.26. The summed E-state index contributed by atoms with van der Waals surface area (Å²) in [4.78, 5) is 22.6. The van der Waals surface area contributed by atoms with Crippen LogP contribution in [0.3, 0.4) is 0 Å². The summed E-state index contributed by atoms with van der Waals surface area (Å²) in [5.74, 6) is 0.126. The van der Waals surface area contributed by atoms with Crippen molar-refractivity contribution in [2.24, 2.45) is 0 Å². The van der Waals surface area contributed by atoms with Crippen LogP contribution in [0.25, 0.3) is 0 Å². The van der Waals surface area contributed by atoms with Gasteiger partial charge < -0.3 is 15.7 Å². The maximum Gasteiger partial charge on any atom is 0.331 e. The van der Waals surface area contributed by atoms with E-state index < -0.39 is 11.5 Å². The first kappa shape index (κ1) is 18.2. The van der Waals surface area contributed by atoms with E-state index in [4.69, 9.17) is 5.73 Å². The first-order valence-corrected chi connectivity index (χ1v) is 8.78. The molecule has 3 heterocycles. The molecule has 0 aliphatic carbocycles. The van der Waals surface area contributed by atoms with Crippen molar-refractivity contribution in [2.75, 3.05) is 23.7 Å². The highest BCUT2D eigenvalue weighted by Gasteiger charge is 2.44. The number of aromatic nitrogens is 4. The average molecular weight is 358 g/mol. The molecule has 0 aromatic carbocycles. The minimum absolute atomic E-state index is 0.123. The monoisotopic (exact) mass is 358 g/mol. The average Bonchev–Trinajstić information content (AvgIpc) is 3.04. The van der Waals surface area contributed by atoms with E-state index >= 15 is 0 Å². The van der Waals surface area contributed by atoms with E-state index in [1.165, 1.54) is 0 Å². The number of nitrogen functional groups attached to an aromatic ring is 1. The van der Waals surface area contributed by atoms with Crippen molar-refractivity contribution in [3.8, 4) is 0 Å². The fourth-order valence-electron chi connectivity index (χ4n) is 3.35. The molecule has 0 saturated carbocycles. The zero-order valence-corrected chi connectivity index (χ0v) is 15.7. The number of anilines is 2. The zero-order valence-electron chi connectivity index (χ0n) is 15.7. The van der Waals surface area contributed by atoms with Crippen LogP contribution in [-0.4, -0.2) is 43.9 Å². The molecule has 0 unspecified atom stereocenters. The molecule has 0 spiro atoms. The van der Waals surface area contributed by atoms with E-state index in [0.717, 1.165) is 17.2 Å². The zero-order chi connectivity index (χ0) is 19.1. The maximum absolute atomic E-state index is 12.2. The predicted octanol–water partition coefficient (Wildman–Crippen LogP) is 1.94. The summed E-state index contributed by atoms with van der Waals surface area (Å²) in [7, 11) is 0. The molecule has 8 nitrogen and oxygen atoms in total. The van der Waals surface area contributed by atoms with Gasteiger partial charge in [-0.1, -0.05) is 20.8 Å². The SMILES string of the molecule is Cc1cc(N2CCC(C(=O)O)(n3ccc(C(C)(C)C)n3)CC2)nc(N)n1. The molecule has 2 aromatic rings. The number of hydrogen-bond acceptors (Lipinski definition) is 6. The lowest BCUT2D eigenvalue weighted by Crippen LogP contribution is -2.51. The first-order chi connectivity index (χ1) is 12.1. The van der Waals surface area contributed by atoms with Gasteiger partial charge in [-0.05, 0) is 13.0 Å². The van der Waals surface area contributed by atoms with Gasteiger partial charge in [0.2, 0.25) is 5.95 Å². The summed E-state index contributed by atoms with van der Waals surface area (Å²) in [6.45, 7) is 9.19. The molecule has 1 aliphatic heterocycles. The van der Waals surface area contributed by atoms with Crippen LogP contribution in [0.1, 0.15) is 45.0 Å². The van der Waals surface area contributed by atoms with Crippen molar-refractivity contribution in [3.63, 3.8) is 0 Å². The molecule has 0 atom stereocenters. The van der Waals surface area contributed by atoms with Crippen LogP contribution in [0.2, 0.25) is 0 Å². The summed E-state index contributed by atoms with van der Waals surface area (Å²) in [5, 5.41) is 14.6. The van der Waals surface area contributed by atoms with Crippen LogP contribution >= 0.6 is 0 Å². The molecule has 3 rings (SSSR count). The van der Waals surface area contributed by atoms with Crippen LogP contribution in [-0.2, 0) is 15.7 Å². The Hall–Kier alpha value is -2.64. The first-order valence-electron chi connectivity index (χ1n) is 8.78. The molecule has 8 heteroatoms. The number of rotatable bonds is 3. The lowest BCUT2D eigenvalue weighted by Gasteiger charge is -2.39. The Labute approximate surface area is 153 Å². The summed E-state index contributed by atoms with van der Waals surface area (Å²) in [5.41, 5.74) is 6.27. The van der Waals surface area contributed by atoms with Crippen LogP contribution in [0, 0.1) is 6.92 Å². The van der Waals surface area contributed by atoms with E-state index in [-0.39, 0.29) is 11.4 Å². The summed E-state index contributed by atoms with van der Waals surface area (Å²) < 4.78 is 1.63. The van der Waals surface area contributed by atoms with Gasteiger partial charge in [-0.3, -0.25) is 4.68 Å². The van der Waals surface area contributed by atoms with Crippen molar-refractivity contribution < 1.29 is 9.90 Å². The number of carboxylic acid groups (broad SMARTS) is 1. The van der Waals surface area contributed by atoms with E-state index in [1.807, 2.05) is 19.1 Å². The van der Waals surface area contributed by atoms with Gasteiger partial charge in [-0.25, -0.2) is 9.78 Å².